The monoisotopic (exact) mass is 485 g/mol. The number of halogens is 1. The number of nitrogens with one attached hydrogen (secondary N) is 1. The van der Waals surface area contributed by atoms with Crippen LogP contribution in [0.1, 0.15) is 21.6 Å². The molecule has 136 valence electrons. The zero-order valence-electron chi connectivity index (χ0n) is 15.7. The third-order valence-corrected chi connectivity index (χ3v) is 6.59. The highest BCUT2D eigenvalue weighted by atomic mass is 127. The van der Waals surface area contributed by atoms with Crippen LogP contribution in [0.2, 0.25) is 0 Å². The number of thiophene rings is 1. The molecule has 4 aromatic rings. The van der Waals surface area contributed by atoms with Crippen molar-refractivity contribution in [3.05, 3.63) is 67.9 Å². The number of nitrogens with zero attached hydrogens (tertiary/aromatic N) is 2. The molecule has 2 aromatic heterocycles. The average molecular weight is 485 g/mol. The first kappa shape index (κ1) is 18.4. The first-order chi connectivity index (χ1) is 12.9. The summed E-state index contributed by atoms with van der Waals surface area (Å²) in [6, 6.07) is 13.0. The van der Waals surface area contributed by atoms with Crippen LogP contribution < -0.4 is 5.32 Å². The third kappa shape index (κ3) is 3.46. The normalized spacial score (nSPS) is 11.1. The van der Waals surface area contributed by atoms with Crippen molar-refractivity contribution in [2.45, 2.75) is 27.7 Å². The lowest BCUT2D eigenvalue weighted by molar-refractivity contribution is 1.22. The predicted molar refractivity (Wildman–Crippen MR) is 124 cm³/mol. The molecule has 0 saturated heterocycles. The van der Waals surface area contributed by atoms with E-state index in [0.29, 0.717) is 0 Å². The Morgan fingerprint density at radius 1 is 0.889 bits per heavy atom. The van der Waals surface area contributed by atoms with Crippen molar-refractivity contribution in [3.8, 4) is 11.1 Å². The van der Waals surface area contributed by atoms with Gasteiger partial charge in [0.15, 0.2) is 0 Å². The molecule has 0 amide bonds. The van der Waals surface area contributed by atoms with Crippen LogP contribution in [0.5, 0.6) is 0 Å². The van der Waals surface area contributed by atoms with E-state index in [2.05, 4.69) is 102 Å². The topological polar surface area (TPSA) is 37.8 Å². The Hall–Kier alpha value is -1.99. The van der Waals surface area contributed by atoms with E-state index < -0.39 is 0 Å². The highest BCUT2D eigenvalue weighted by molar-refractivity contribution is 14.1. The molecule has 3 nitrogen and oxygen atoms in total. The summed E-state index contributed by atoms with van der Waals surface area (Å²) < 4.78 is 1.23. The lowest BCUT2D eigenvalue weighted by Crippen LogP contribution is -1.98. The Morgan fingerprint density at radius 3 is 2.44 bits per heavy atom. The molecule has 1 N–H and O–H groups in total. The van der Waals surface area contributed by atoms with E-state index in [1.807, 2.05) is 0 Å². The van der Waals surface area contributed by atoms with Gasteiger partial charge in [-0.2, -0.15) is 0 Å². The van der Waals surface area contributed by atoms with Crippen LogP contribution in [0.3, 0.4) is 0 Å². The van der Waals surface area contributed by atoms with Gasteiger partial charge in [-0.3, -0.25) is 0 Å². The van der Waals surface area contributed by atoms with E-state index in [1.165, 1.54) is 36.3 Å². The molecule has 0 aliphatic carbocycles. The molecule has 0 bridgehead atoms. The number of aromatic nitrogens is 2. The molecule has 27 heavy (non-hydrogen) atoms. The molecule has 0 atom stereocenters. The Labute approximate surface area is 177 Å². The molecule has 0 fully saturated rings. The Bertz CT molecular complexity index is 1160. The molecule has 0 saturated carbocycles. The number of fused-ring (bicyclic) bond motifs is 1. The molecule has 2 heterocycles. The summed E-state index contributed by atoms with van der Waals surface area (Å²) in [6.07, 6.45) is 1.65. The summed E-state index contributed by atoms with van der Waals surface area (Å²) in [5.41, 5.74) is 7.33. The number of benzene rings is 2. The lowest BCUT2D eigenvalue weighted by Gasteiger charge is -2.12. The van der Waals surface area contributed by atoms with E-state index in [4.69, 9.17) is 0 Å². The zero-order chi connectivity index (χ0) is 19.1. The first-order valence-corrected chi connectivity index (χ1v) is 10.7. The van der Waals surface area contributed by atoms with Crippen LogP contribution in [-0.4, -0.2) is 9.97 Å². The molecule has 0 radical (unpaired) electrons. The fourth-order valence-corrected chi connectivity index (χ4v) is 4.94. The number of rotatable bonds is 3. The summed E-state index contributed by atoms with van der Waals surface area (Å²) in [5, 5.41) is 4.64. The predicted octanol–water partition coefficient (Wildman–Crippen LogP) is 6.94. The second-order valence-electron chi connectivity index (χ2n) is 6.82. The number of hydrogen-bond acceptors (Lipinski definition) is 4. The van der Waals surface area contributed by atoms with E-state index in [1.54, 1.807) is 17.7 Å². The molecule has 0 spiro atoms. The zero-order valence-corrected chi connectivity index (χ0v) is 18.7. The molecule has 5 heteroatoms. The van der Waals surface area contributed by atoms with Gasteiger partial charge in [-0.05, 0) is 90.7 Å². The van der Waals surface area contributed by atoms with Crippen LogP contribution in [0.15, 0.2) is 42.7 Å². The summed E-state index contributed by atoms with van der Waals surface area (Å²) in [6.45, 7) is 8.59. The molecule has 2 aromatic carbocycles. The van der Waals surface area contributed by atoms with Gasteiger partial charge in [-0.25, -0.2) is 9.97 Å². The third-order valence-electron chi connectivity index (χ3n) is 4.90. The second kappa shape index (κ2) is 7.20. The second-order valence-corrected chi connectivity index (χ2v) is 9.27. The molecular formula is C22H20IN3S. The summed E-state index contributed by atoms with van der Waals surface area (Å²) in [5.74, 6) is 0.863. The largest absolute Gasteiger partial charge is 0.339 e. The Morgan fingerprint density at radius 2 is 1.70 bits per heavy atom. The van der Waals surface area contributed by atoms with E-state index >= 15 is 0 Å². The van der Waals surface area contributed by atoms with Crippen LogP contribution in [0.25, 0.3) is 21.3 Å². The van der Waals surface area contributed by atoms with E-state index in [9.17, 15) is 0 Å². The number of anilines is 2. The van der Waals surface area contributed by atoms with Crippen molar-refractivity contribution < 1.29 is 0 Å². The van der Waals surface area contributed by atoms with Crippen molar-refractivity contribution in [2.75, 3.05) is 5.32 Å². The van der Waals surface area contributed by atoms with Crippen LogP contribution >= 0.6 is 33.9 Å². The van der Waals surface area contributed by atoms with E-state index in [-0.39, 0.29) is 0 Å². The highest BCUT2D eigenvalue weighted by Gasteiger charge is 2.17. The van der Waals surface area contributed by atoms with Gasteiger partial charge < -0.3 is 5.32 Å². The van der Waals surface area contributed by atoms with Crippen LogP contribution in [0, 0.1) is 31.3 Å². The van der Waals surface area contributed by atoms with Crippen molar-refractivity contribution in [1.29, 1.82) is 0 Å². The summed E-state index contributed by atoms with van der Waals surface area (Å²) >= 11 is 4.06. The summed E-state index contributed by atoms with van der Waals surface area (Å²) in [4.78, 5) is 11.4. The minimum atomic E-state index is 0.863. The SMILES string of the molecule is Cc1ccc(-c2c(C)sc3ncnc(Nc4ccc(I)cc4C)c23)cc1C. The van der Waals surface area contributed by atoms with E-state index in [0.717, 1.165) is 21.7 Å². The minimum absolute atomic E-state index is 0.863. The standard InChI is InChI=1S/C22H20IN3S/c1-12-5-6-16(9-13(12)2)19-15(4)27-22-20(19)21(24-11-25-22)26-18-8-7-17(23)10-14(18)3/h5-11H,1-4H3,(H,24,25,26). The van der Waals surface area contributed by atoms with Gasteiger partial charge >= 0.3 is 0 Å². The van der Waals surface area contributed by atoms with Crippen LogP contribution in [0.4, 0.5) is 11.5 Å². The van der Waals surface area contributed by atoms with Crippen LogP contribution in [-0.2, 0) is 0 Å². The Balaban J connectivity index is 1.90. The lowest BCUT2D eigenvalue weighted by atomic mass is 9.99. The molecule has 0 aliphatic heterocycles. The van der Waals surface area contributed by atoms with Gasteiger partial charge in [0, 0.05) is 19.7 Å². The van der Waals surface area contributed by atoms with Crippen molar-refractivity contribution in [2.24, 2.45) is 0 Å². The maximum atomic E-state index is 4.59. The molecule has 4 rings (SSSR count). The van der Waals surface area contributed by atoms with Gasteiger partial charge in [-0.15, -0.1) is 11.3 Å². The fourth-order valence-electron chi connectivity index (χ4n) is 3.28. The van der Waals surface area contributed by atoms with Gasteiger partial charge in [0.1, 0.15) is 17.0 Å². The molecule has 0 unspecified atom stereocenters. The highest BCUT2D eigenvalue weighted by Crippen LogP contribution is 2.41. The first-order valence-electron chi connectivity index (χ1n) is 8.79. The summed E-state index contributed by atoms with van der Waals surface area (Å²) in [7, 11) is 0. The van der Waals surface area contributed by atoms with Crippen molar-refractivity contribution >= 4 is 55.6 Å². The fraction of sp³-hybridized carbons (Fsp3) is 0.182. The maximum absolute atomic E-state index is 4.59. The minimum Gasteiger partial charge on any atom is -0.339 e. The maximum Gasteiger partial charge on any atom is 0.143 e. The average Bonchev–Trinajstić information content (AvgIpc) is 2.96. The molecule has 0 aliphatic rings. The quantitative estimate of drug-likeness (QED) is 0.320. The smallest absolute Gasteiger partial charge is 0.143 e. The van der Waals surface area contributed by atoms with Gasteiger partial charge in [0.25, 0.3) is 0 Å². The van der Waals surface area contributed by atoms with Crippen molar-refractivity contribution in [3.63, 3.8) is 0 Å². The van der Waals surface area contributed by atoms with Crippen molar-refractivity contribution in [1.82, 2.24) is 9.97 Å². The number of aryl methyl sites for hydroxylation is 4. The Kier molecular flexibility index (Phi) is 4.90. The van der Waals surface area contributed by atoms with Gasteiger partial charge in [0.2, 0.25) is 0 Å². The number of hydrogen-bond donors (Lipinski definition) is 1. The molecular weight excluding hydrogens is 465 g/mol. The van der Waals surface area contributed by atoms with Gasteiger partial charge in [-0.1, -0.05) is 18.2 Å². The van der Waals surface area contributed by atoms with Gasteiger partial charge in [0.05, 0.1) is 5.39 Å².